The van der Waals surface area contributed by atoms with Crippen molar-refractivity contribution in [2.75, 3.05) is 0 Å². The zero-order valence-electron chi connectivity index (χ0n) is 4.15. The summed E-state index contributed by atoms with van der Waals surface area (Å²) in [4.78, 5) is 9.92. The SMILES string of the molecule is C/C=C\CC(=O)Cl. The molecule has 0 unspecified atom stereocenters. The normalized spacial score (nSPS) is 10.0. The molecule has 0 N–H and O–H groups in total. The van der Waals surface area contributed by atoms with Gasteiger partial charge in [-0.05, 0) is 18.5 Å². The van der Waals surface area contributed by atoms with Crippen LogP contribution in [0, 0.1) is 0 Å². The van der Waals surface area contributed by atoms with Gasteiger partial charge >= 0.3 is 0 Å². The molecule has 0 rings (SSSR count). The molecular formula is C5H7ClO. The molecule has 0 heterocycles. The van der Waals surface area contributed by atoms with Crippen molar-refractivity contribution in [2.24, 2.45) is 0 Å². The van der Waals surface area contributed by atoms with Crippen LogP contribution >= 0.6 is 11.6 Å². The van der Waals surface area contributed by atoms with Crippen LogP contribution in [-0.4, -0.2) is 5.24 Å². The summed E-state index contributed by atoms with van der Waals surface area (Å²) in [6.45, 7) is 1.85. The Morgan fingerprint density at radius 1 is 1.86 bits per heavy atom. The van der Waals surface area contributed by atoms with E-state index in [4.69, 9.17) is 11.6 Å². The van der Waals surface area contributed by atoms with Gasteiger partial charge in [-0.2, -0.15) is 0 Å². The summed E-state index contributed by atoms with van der Waals surface area (Å²) in [6.07, 6.45) is 3.85. The van der Waals surface area contributed by atoms with Gasteiger partial charge in [-0.1, -0.05) is 12.2 Å². The fourth-order valence-electron chi connectivity index (χ4n) is 0.211. The molecule has 2 heteroatoms. The highest BCUT2D eigenvalue weighted by Crippen LogP contribution is 1.88. The van der Waals surface area contributed by atoms with Crippen molar-refractivity contribution >= 4 is 16.8 Å². The first-order chi connectivity index (χ1) is 3.27. The molecule has 40 valence electrons. The number of hydrogen-bond acceptors (Lipinski definition) is 1. The summed E-state index contributed by atoms with van der Waals surface area (Å²) in [7, 11) is 0. The van der Waals surface area contributed by atoms with Crippen LogP contribution in [0.4, 0.5) is 0 Å². The van der Waals surface area contributed by atoms with E-state index in [1.807, 2.05) is 6.92 Å². The van der Waals surface area contributed by atoms with Crippen LogP contribution in [-0.2, 0) is 4.79 Å². The molecule has 0 spiro atoms. The van der Waals surface area contributed by atoms with Crippen LogP contribution in [0.2, 0.25) is 0 Å². The van der Waals surface area contributed by atoms with Crippen LogP contribution in [0.5, 0.6) is 0 Å². The summed E-state index contributed by atoms with van der Waals surface area (Å²) in [5, 5.41) is -0.307. The molecule has 0 atom stereocenters. The van der Waals surface area contributed by atoms with E-state index in [0.717, 1.165) is 0 Å². The Labute approximate surface area is 48.0 Å². The van der Waals surface area contributed by atoms with Gasteiger partial charge in [0.25, 0.3) is 0 Å². The maximum atomic E-state index is 9.92. The summed E-state index contributed by atoms with van der Waals surface area (Å²) in [5.41, 5.74) is 0. The summed E-state index contributed by atoms with van der Waals surface area (Å²) in [5.74, 6) is 0. The molecule has 0 fully saturated rings. The third-order valence-corrected chi connectivity index (χ3v) is 0.668. The van der Waals surface area contributed by atoms with Gasteiger partial charge < -0.3 is 0 Å². The van der Waals surface area contributed by atoms with E-state index in [-0.39, 0.29) is 5.24 Å². The Morgan fingerprint density at radius 3 is 2.57 bits per heavy atom. The predicted molar refractivity (Wildman–Crippen MR) is 30.3 cm³/mol. The lowest BCUT2D eigenvalue weighted by Gasteiger charge is -1.75. The largest absolute Gasteiger partial charge is 0.281 e. The molecule has 7 heavy (non-hydrogen) atoms. The second kappa shape index (κ2) is 3.88. The lowest BCUT2D eigenvalue weighted by atomic mass is 10.4. The monoisotopic (exact) mass is 118 g/mol. The average Bonchev–Trinajstić information content (AvgIpc) is 1.61. The first kappa shape index (κ1) is 6.70. The Hall–Kier alpha value is -0.300. The minimum atomic E-state index is -0.307. The van der Waals surface area contributed by atoms with E-state index in [9.17, 15) is 4.79 Å². The van der Waals surface area contributed by atoms with Crippen molar-refractivity contribution in [3.63, 3.8) is 0 Å². The van der Waals surface area contributed by atoms with Crippen molar-refractivity contribution < 1.29 is 4.79 Å². The predicted octanol–water partition coefficient (Wildman–Crippen LogP) is 1.72. The highest BCUT2D eigenvalue weighted by Gasteiger charge is 1.85. The van der Waals surface area contributed by atoms with E-state index in [1.54, 1.807) is 12.2 Å². The first-order valence-electron chi connectivity index (χ1n) is 2.07. The average molecular weight is 119 g/mol. The molecule has 0 amide bonds. The number of halogens is 1. The molecule has 0 saturated carbocycles. The van der Waals surface area contributed by atoms with E-state index >= 15 is 0 Å². The number of allylic oxidation sites excluding steroid dienone is 2. The number of carbonyl (C=O) groups excluding carboxylic acids is 1. The second-order valence-electron chi connectivity index (χ2n) is 1.13. The van der Waals surface area contributed by atoms with Gasteiger partial charge in [-0.3, -0.25) is 4.79 Å². The number of hydrogen-bond donors (Lipinski definition) is 0. The maximum absolute atomic E-state index is 9.92. The molecule has 0 aliphatic rings. The number of rotatable bonds is 2. The summed E-state index contributed by atoms with van der Waals surface area (Å²) in [6, 6.07) is 0. The molecular weight excluding hydrogens is 112 g/mol. The first-order valence-corrected chi connectivity index (χ1v) is 2.44. The van der Waals surface area contributed by atoms with Crippen LogP contribution in [0.25, 0.3) is 0 Å². The Balaban J connectivity index is 3.14. The van der Waals surface area contributed by atoms with Crippen LogP contribution in [0.3, 0.4) is 0 Å². The molecule has 1 nitrogen and oxygen atoms in total. The van der Waals surface area contributed by atoms with Crippen LogP contribution < -0.4 is 0 Å². The van der Waals surface area contributed by atoms with Gasteiger partial charge in [-0.15, -0.1) is 0 Å². The highest BCUT2D eigenvalue weighted by molar-refractivity contribution is 6.63. The minimum Gasteiger partial charge on any atom is -0.281 e. The molecule has 0 aliphatic carbocycles. The molecule has 0 aromatic heterocycles. The second-order valence-corrected chi connectivity index (χ2v) is 1.55. The van der Waals surface area contributed by atoms with Gasteiger partial charge in [0.2, 0.25) is 5.24 Å². The minimum absolute atomic E-state index is 0.307. The third kappa shape index (κ3) is 5.70. The van der Waals surface area contributed by atoms with E-state index < -0.39 is 0 Å². The van der Waals surface area contributed by atoms with Crippen molar-refractivity contribution in [1.82, 2.24) is 0 Å². The van der Waals surface area contributed by atoms with Gasteiger partial charge in [-0.25, -0.2) is 0 Å². The molecule has 0 aliphatic heterocycles. The van der Waals surface area contributed by atoms with Gasteiger partial charge in [0, 0.05) is 6.42 Å². The Bertz CT molecular complexity index is 86.1. The zero-order chi connectivity index (χ0) is 5.70. The number of carbonyl (C=O) groups is 1. The molecule has 0 aromatic rings. The highest BCUT2D eigenvalue weighted by atomic mass is 35.5. The lowest BCUT2D eigenvalue weighted by Crippen LogP contribution is -1.77. The van der Waals surface area contributed by atoms with Gasteiger partial charge in [0.1, 0.15) is 0 Å². The van der Waals surface area contributed by atoms with Crippen molar-refractivity contribution in [3.05, 3.63) is 12.2 Å². The standard InChI is InChI=1S/C5H7ClO/c1-2-3-4-5(6)7/h2-3H,4H2,1H3/b3-2-. The fraction of sp³-hybridized carbons (Fsp3) is 0.400. The molecule has 0 bridgehead atoms. The molecule has 0 radical (unpaired) electrons. The maximum Gasteiger partial charge on any atom is 0.225 e. The summed E-state index contributed by atoms with van der Waals surface area (Å²) < 4.78 is 0. The Kier molecular flexibility index (Phi) is 3.71. The molecule has 0 aromatic carbocycles. The van der Waals surface area contributed by atoms with Crippen LogP contribution in [0.1, 0.15) is 13.3 Å². The Morgan fingerprint density at radius 2 is 2.43 bits per heavy atom. The topological polar surface area (TPSA) is 17.1 Å². The zero-order valence-corrected chi connectivity index (χ0v) is 4.90. The van der Waals surface area contributed by atoms with Gasteiger partial charge in [0.05, 0.1) is 0 Å². The van der Waals surface area contributed by atoms with E-state index in [0.29, 0.717) is 6.42 Å². The fourth-order valence-corrected chi connectivity index (χ4v) is 0.300. The molecule has 0 saturated heterocycles. The van der Waals surface area contributed by atoms with E-state index in [2.05, 4.69) is 0 Å². The van der Waals surface area contributed by atoms with Gasteiger partial charge in [0.15, 0.2) is 0 Å². The third-order valence-electron chi connectivity index (χ3n) is 0.514. The summed E-state index contributed by atoms with van der Waals surface area (Å²) >= 11 is 4.97. The lowest BCUT2D eigenvalue weighted by molar-refractivity contribution is -0.110. The quantitative estimate of drug-likeness (QED) is 0.399. The van der Waals surface area contributed by atoms with Crippen LogP contribution in [0.15, 0.2) is 12.2 Å². The van der Waals surface area contributed by atoms with Crippen molar-refractivity contribution in [2.45, 2.75) is 13.3 Å². The van der Waals surface area contributed by atoms with Crippen molar-refractivity contribution in [1.29, 1.82) is 0 Å². The van der Waals surface area contributed by atoms with E-state index in [1.165, 1.54) is 0 Å². The smallest absolute Gasteiger partial charge is 0.225 e. The van der Waals surface area contributed by atoms with Crippen molar-refractivity contribution in [3.8, 4) is 0 Å².